The fourth-order valence-electron chi connectivity index (χ4n) is 3.61. The number of aromatic nitrogens is 5. The van der Waals surface area contributed by atoms with E-state index < -0.39 is 0 Å². The lowest BCUT2D eigenvalue weighted by molar-refractivity contribution is -0.136. The number of benzene rings is 1. The molecule has 1 saturated heterocycles. The molecule has 2 aromatic heterocycles. The third-order valence-corrected chi connectivity index (χ3v) is 5.12. The molecule has 1 aliphatic heterocycles. The minimum atomic E-state index is -0.353. The summed E-state index contributed by atoms with van der Waals surface area (Å²) in [7, 11) is 1.50. The number of hydrogen-bond acceptors (Lipinski definition) is 6. The summed E-state index contributed by atoms with van der Waals surface area (Å²) in [4.78, 5) is 33.6. The number of hydrogen-bond donors (Lipinski definition) is 1. The van der Waals surface area contributed by atoms with Crippen molar-refractivity contribution in [1.82, 2.24) is 29.9 Å². The summed E-state index contributed by atoms with van der Waals surface area (Å²) >= 11 is 0. The van der Waals surface area contributed by atoms with Crippen LogP contribution in [-0.2, 0) is 16.1 Å². The third-order valence-electron chi connectivity index (χ3n) is 5.12. The number of aromatic amines is 1. The number of nitrogens with one attached hydrogen (secondary N) is 1. The van der Waals surface area contributed by atoms with Crippen molar-refractivity contribution in [2.75, 3.05) is 26.8 Å². The number of amides is 1. The Bertz CT molecular complexity index is 1090. The summed E-state index contributed by atoms with van der Waals surface area (Å²) in [5.41, 5.74) is 0.863. The van der Waals surface area contributed by atoms with Gasteiger partial charge in [-0.1, -0.05) is 17.3 Å². The number of carbonyl (C=O) groups excluding carboxylic acids is 1. The SMILES string of the molecule is COCC(=O)N1CCC(c2nc3c(nnn3Cc3cccc(F)c3)c(=O)[nH]2)CC1. The van der Waals surface area contributed by atoms with Crippen molar-refractivity contribution in [3.05, 3.63) is 51.8 Å². The second-order valence-electron chi connectivity index (χ2n) is 7.09. The molecule has 0 aliphatic carbocycles. The number of piperidine rings is 1. The molecule has 1 aliphatic rings. The smallest absolute Gasteiger partial charge is 0.281 e. The number of fused-ring (bicyclic) bond motifs is 1. The maximum absolute atomic E-state index is 13.5. The van der Waals surface area contributed by atoms with Gasteiger partial charge in [-0.2, -0.15) is 0 Å². The average Bonchev–Trinajstić information content (AvgIpc) is 3.11. The lowest BCUT2D eigenvalue weighted by Crippen LogP contribution is -2.40. The Hall–Kier alpha value is -3.14. The standard InChI is InChI=1S/C19H21FN6O3/c1-29-11-15(27)25-7-5-13(6-8-25)17-21-18-16(19(28)22-17)23-24-26(18)10-12-3-2-4-14(20)9-12/h2-4,9,13H,5-8,10-11H2,1H3,(H,21,22,28). The number of nitrogens with zero attached hydrogens (tertiary/aromatic N) is 5. The number of methoxy groups -OCH3 is 1. The molecule has 0 atom stereocenters. The molecule has 3 heterocycles. The van der Waals surface area contributed by atoms with Crippen LogP contribution >= 0.6 is 0 Å². The molecule has 0 saturated carbocycles. The number of ether oxygens (including phenoxy) is 1. The molecule has 9 nitrogen and oxygen atoms in total. The number of rotatable bonds is 5. The van der Waals surface area contributed by atoms with Crippen LogP contribution < -0.4 is 5.56 Å². The van der Waals surface area contributed by atoms with Crippen molar-refractivity contribution < 1.29 is 13.9 Å². The van der Waals surface area contributed by atoms with E-state index in [0.717, 1.165) is 0 Å². The maximum atomic E-state index is 13.5. The van der Waals surface area contributed by atoms with Crippen LogP contribution in [0.3, 0.4) is 0 Å². The predicted molar refractivity (Wildman–Crippen MR) is 102 cm³/mol. The fraction of sp³-hybridized carbons (Fsp3) is 0.421. The molecule has 1 amide bonds. The second-order valence-corrected chi connectivity index (χ2v) is 7.09. The lowest BCUT2D eigenvalue weighted by atomic mass is 9.96. The van der Waals surface area contributed by atoms with Crippen molar-refractivity contribution >= 4 is 17.1 Å². The van der Waals surface area contributed by atoms with Crippen LogP contribution in [0.2, 0.25) is 0 Å². The molecule has 0 bridgehead atoms. The Morgan fingerprint density at radius 2 is 2.14 bits per heavy atom. The van der Waals surface area contributed by atoms with Gasteiger partial charge < -0.3 is 14.6 Å². The predicted octanol–water partition coefficient (Wildman–Crippen LogP) is 1.05. The van der Waals surface area contributed by atoms with Gasteiger partial charge in [-0.15, -0.1) is 5.10 Å². The van der Waals surface area contributed by atoms with E-state index in [1.54, 1.807) is 17.0 Å². The zero-order valence-corrected chi connectivity index (χ0v) is 16.0. The molecule has 0 unspecified atom stereocenters. The molecule has 0 radical (unpaired) electrons. The number of halogens is 1. The third kappa shape index (κ3) is 4.02. The topological polar surface area (TPSA) is 106 Å². The molecule has 4 rings (SSSR count). The highest BCUT2D eigenvalue weighted by Crippen LogP contribution is 2.25. The normalized spacial score (nSPS) is 15.2. The van der Waals surface area contributed by atoms with Crippen LogP contribution in [0.25, 0.3) is 11.2 Å². The quantitative estimate of drug-likeness (QED) is 0.686. The minimum Gasteiger partial charge on any atom is -0.375 e. The van der Waals surface area contributed by atoms with Crippen LogP contribution in [-0.4, -0.2) is 62.6 Å². The summed E-state index contributed by atoms with van der Waals surface area (Å²) in [5, 5.41) is 7.94. The highest BCUT2D eigenvalue weighted by Gasteiger charge is 2.26. The number of carbonyl (C=O) groups is 1. The highest BCUT2D eigenvalue weighted by atomic mass is 19.1. The van der Waals surface area contributed by atoms with Gasteiger partial charge in [-0.25, -0.2) is 14.1 Å². The second kappa shape index (κ2) is 8.08. The minimum absolute atomic E-state index is 0.0243. The molecule has 1 fully saturated rings. The summed E-state index contributed by atoms with van der Waals surface area (Å²) in [6.07, 6.45) is 1.38. The van der Waals surface area contributed by atoms with Crippen molar-refractivity contribution in [1.29, 1.82) is 0 Å². The Kier molecular flexibility index (Phi) is 5.34. The summed E-state index contributed by atoms with van der Waals surface area (Å²) in [5.74, 6) is 0.203. The van der Waals surface area contributed by atoms with Crippen molar-refractivity contribution in [2.24, 2.45) is 0 Å². The first kappa shape index (κ1) is 19.2. The van der Waals surface area contributed by atoms with Crippen LogP contribution in [0.4, 0.5) is 4.39 Å². The largest absolute Gasteiger partial charge is 0.375 e. The zero-order valence-electron chi connectivity index (χ0n) is 16.0. The summed E-state index contributed by atoms with van der Waals surface area (Å²) in [6.45, 7) is 1.48. The fourth-order valence-corrected chi connectivity index (χ4v) is 3.61. The maximum Gasteiger partial charge on any atom is 0.281 e. The van der Waals surface area contributed by atoms with Crippen molar-refractivity contribution in [3.8, 4) is 0 Å². The van der Waals surface area contributed by atoms with Crippen molar-refractivity contribution in [3.63, 3.8) is 0 Å². The van der Waals surface area contributed by atoms with Gasteiger partial charge in [0, 0.05) is 26.1 Å². The molecule has 152 valence electrons. The van der Waals surface area contributed by atoms with E-state index in [1.807, 2.05) is 0 Å². The van der Waals surface area contributed by atoms with Crippen LogP contribution in [0.1, 0.15) is 30.1 Å². The van der Waals surface area contributed by atoms with E-state index in [1.165, 1.54) is 23.9 Å². The van der Waals surface area contributed by atoms with Gasteiger partial charge in [0.05, 0.1) is 6.54 Å². The number of H-pyrrole nitrogens is 1. The van der Waals surface area contributed by atoms with Gasteiger partial charge in [0.15, 0.2) is 11.2 Å². The Morgan fingerprint density at radius 3 is 2.86 bits per heavy atom. The molecular weight excluding hydrogens is 379 g/mol. The van der Waals surface area contributed by atoms with Gasteiger partial charge in [-0.05, 0) is 30.5 Å². The Morgan fingerprint density at radius 1 is 1.34 bits per heavy atom. The van der Waals surface area contributed by atoms with Gasteiger partial charge in [0.25, 0.3) is 5.56 Å². The average molecular weight is 400 g/mol. The van der Waals surface area contributed by atoms with E-state index >= 15 is 0 Å². The van der Waals surface area contributed by atoms with E-state index in [4.69, 9.17) is 4.74 Å². The van der Waals surface area contributed by atoms with Gasteiger partial charge in [0.2, 0.25) is 5.91 Å². The van der Waals surface area contributed by atoms with Gasteiger partial charge >= 0.3 is 0 Å². The first-order valence-corrected chi connectivity index (χ1v) is 9.39. The summed E-state index contributed by atoms with van der Waals surface area (Å²) < 4.78 is 19.9. The van der Waals surface area contributed by atoms with Crippen molar-refractivity contribution in [2.45, 2.75) is 25.3 Å². The van der Waals surface area contributed by atoms with E-state index in [9.17, 15) is 14.0 Å². The molecule has 0 spiro atoms. The summed E-state index contributed by atoms with van der Waals surface area (Å²) in [6, 6.07) is 6.17. The highest BCUT2D eigenvalue weighted by molar-refractivity contribution is 5.77. The number of likely N-dealkylation sites (tertiary alicyclic amines) is 1. The Balaban J connectivity index is 1.57. The lowest BCUT2D eigenvalue weighted by Gasteiger charge is -2.31. The van der Waals surface area contributed by atoms with Gasteiger partial charge in [0.1, 0.15) is 18.2 Å². The van der Waals surface area contributed by atoms with Crippen LogP contribution in [0, 0.1) is 5.82 Å². The van der Waals surface area contributed by atoms with E-state index in [2.05, 4.69) is 20.3 Å². The molecule has 3 aromatic rings. The molecular formula is C19H21FN6O3. The molecule has 1 aromatic carbocycles. The first-order chi connectivity index (χ1) is 14.0. The molecule has 1 N–H and O–H groups in total. The monoisotopic (exact) mass is 400 g/mol. The van der Waals surface area contributed by atoms with Crippen LogP contribution in [0.15, 0.2) is 29.1 Å². The van der Waals surface area contributed by atoms with E-state index in [-0.39, 0.29) is 41.9 Å². The van der Waals surface area contributed by atoms with Gasteiger partial charge in [-0.3, -0.25) is 9.59 Å². The molecule has 29 heavy (non-hydrogen) atoms. The van der Waals surface area contributed by atoms with Crippen LogP contribution in [0.5, 0.6) is 0 Å². The Labute approximate surface area is 165 Å². The first-order valence-electron chi connectivity index (χ1n) is 9.39. The zero-order chi connectivity index (χ0) is 20.4. The molecule has 10 heteroatoms. The van der Waals surface area contributed by atoms with E-state index in [0.29, 0.717) is 43.0 Å².